The van der Waals surface area contributed by atoms with Gasteiger partial charge in [0.1, 0.15) is 6.04 Å². The number of halogens is 1. The van der Waals surface area contributed by atoms with Crippen LogP contribution in [0.5, 0.6) is 5.75 Å². The highest BCUT2D eigenvalue weighted by Gasteiger charge is 2.21. The minimum absolute atomic E-state index is 0.0198. The van der Waals surface area contributed by atoms with Crippen LogP contribution in [0.3, 0.4) is 0 Å². The highest BCUT2D eigenvalue weighted by atomic mass is 19.1. The van der Waals surface area contributed by atoms with Crippen molar-refractivity contribution in [2.75, 3.05) is 7.11 Å². The molecule has 0 radical (unpaired) electrons. The van der Waals surface area contributed by atoms with Crippen LogP contribution in [0.2, 0.25) is 0 Å². The maximum Gasteiger partial charge on any atom is 0.326 e. The number of aryl methyl sites for hydroxylation is 1. The highest BCUT2D eigenvalue weighted by Crippen LogP contribution is 2.21. The molecule has 0 bridgehead atoms. The number of ether oxygens (including phenoxy) is 1. The van der Waals surface area contributed by atoms with Crippen molar-refractivity contribution in [1.82, 2.24) is 5.32 Å². The molecule has 1 aromatic rings. The molecule has 1 aromatic carbocycles. The Bertz CT molecular complexity index is 531. The number of carboxylic acid groups (broad SMARTS) is 1. The predicted molar refractivity (Wildman–Crippen MR) is 80.3 cm³/mol. The van der Waals surface area contributed by atoms with Crippen LogP contribution in [0, 0.1) is 11.7 Å². The quantitative estimate of drug-likeness (QED) is 0.773. The maximum atomic E-state index is 13.9. The van der Waals surface area contributed by atoms with Gasteiger partial charge in [0, 0.05) is 6.42 Å². The fraction of sp³-hybridized carbons (Fsp3) is 0.500. The van der Waals surface area contributed by atoms with Gasteiger partial charge in [0.05, 0.1) is 7.11 Å². The molecule has 5 nitrogen and oxygen atoms in total. The molecule has 122 valence electrons. The average Bonchev–Trinajstić information content (AvgIpc) is 2.45. The fourth-order valence-corrected chi connectivity index (χ4v) is 2.11. The van der Waals surface area contributed by atoms with Gasteiger partial charge in [0.25, 0.3) is 0 Å². The molecule has 1 amide bonds. The van der Waals surface area contributed by atoms with Crippen molar-refractivity contribution in [3.63, 3.8) is 0 Å². The Morgan fingerprint density at radius 1 is 1.36 bits per heavy atom. The first-order chi connectivity index (χ1) is 10.3. The van der Waals surface area contributed by atoms with Gasteiger partial charge in [-0.05, 0) is 30.4 Å². The summed E-state index contributed by atoms with van der Waals surface area (Å²) in [6.45, 7) is 3.77. The molecule has 0 saturated heterocycles. The molecule has 0 fully saturated rings. The molecule has 0 unspecified atom stereocenters. The van der Waals surface area contributed by atoms with Crippen molar-refractivity contribution in [3.8, 4) is 5.75 Å². The third-order valence-corrected chi connectivity index (χ3v) is 3.23. The molecule has 0 heterocycles. The first kappa shape index (κ1) is 17.9. The van der Waals surface area contributed by atoms with E-state index in [9.17, 15) is 14.0 Å². The monoisotopic (exact) mass is 311 g/mol. The van der Waals surface area contributed by atoms with E-state index in [1.54, 1.807) is 12.1 Å². The number of nitrogens with one attached hydrogen (secondary N) is 1. The number of methoxy groups -OCH3 is 1. The Hall–Kier alpha value is -2.11. The largest absolute Gasteiger partial charge is 0.494 e. The number of carbonyl (C=O) groups excluding carboxylic acids is 1. The lowest BCUT2D eigenvalue weighted by Gasteiger charge is -2.16. The summed E-state index contributed by atoms with van der Waals surface area (Å²) in [6, 6.07) is 3.81. The van der Waals surface area contributed by atoms with Gasteiger partial charge in [-0.25, -0.2) is 9.18 Å². The smallest absolute Gasteiger partial charge is 0.326 e. The van der Waals surface area contributed by atoms with Crippen LogP contribution < -0.4 is 10.1 Å². The summed E-state index contributed by atoms with van der Waals surface area (Å²) >= 11 is 0. The molecule has 0 saturated carbocycles. The Morgan fingerprint density at radius 3 is 2.59 bits per heavy atom. The minimum Gasteiger partial charge on any atom is -0.494 e. The Labute approximate surface area is 129 Å². The summed E-state index contributed by atoms with van der Waals surface area (Å²) in [7, 11) is 1.37. The van der Waals surface area contributed by atoms with E-state index in [0.29, 0.717) is 12.0 Å². The Kier molecular flexibility index (Phi) is 6.82. The highest BCUT2D eigenvalue weighted by molar-refractivity contribution is 5.83. The summed E-state index contributed by atoms with van der Waals surface area (Å²) < 4.78 is 18.8. The van der Waals surface area contributed by atoms with Gasteiger partial charge < -0.3 is 15.2 Å². The predicted octanol–water partition coefficient (Wildman–Crippen LogP) is 2.38. The third kappa shape index (κ3) is 5.35. The molecule has 2 N–H and O–H groups in total. The van der Waals surface area contributed by atoms with E-state index in [0.717, 1.165) is 0 Å². The molecule has 22 heavy (non-hydrogen) atoms. The van der Waals surface area contributed by atoms with Crippen LogP contribution in [-0.2, 0) is 16.0 Å². The first-order valence-electron chi connectivity index (χ1n) is 7.18. The Morgan fingerprint density at radius 2 is 2.05 bits per heavy atom. The molecule has 1 rings (SSSR count). The van der Waals surface area contributed by atoms with E-state index in [1.165, 1.54) is 13.2 Å². The Balaban J connectivity index is 2.60. The number of benzene rings is 1. The van der Waals surface area contributed by atoms with E-state index < -0.39 is 23.7 Å². The fourth-order valence-electron chi connectivity index (χ4n) is 2.11. The third-order valence-electron chi connectivity index (χ3n) is 3.23. The molecule has 0 aliphatic heterocycles. The van der Waals surface area contributed by atoms with Crippen molar-refractivity contribution in [2.24, 2.45) is 5.92 Å². The molecule has 0 aliphatic rings. The number of carbonyl (C=O) groups is 2. The van der Waals surface area contributed by atoms with E-state index >= 15 is 0 Å². The average molecular weight is 311 g/mol. The minimum atomic E-state index is -1.06. The van der Waals surface area contributed by atoms with Crippen molar-refractivity contribution in [2.45, 2.75) is 39.2 Å². The second-order valence-corrected chi connectivity index (χ2v) is 5.52. The molecule has 0 aliphatic carbocycles. The zero-order chi connectivity index (χ0) is 16.7. The van der Waals surface area contributed by atoms with E-state index in [4.69, 9.17) is 9.84 Å². The normalized spacial score (nSPS) is 12.0. The van der Waals surface area contributed by atoms with Gasteiger partial charge in [-0.15, -0.1) is 0 Å². The maximum absolute atomic E-state index is 13.9. The van der Waals surface area contributed by atoms with Crippen molar-refractivity contribution >= 4 is 11.9 Å². The van der Waals surface area contributed by atoms with Gasteiger partial charge in [0.2, 0.25) is 5.91 Å². The van der Waals surface area contributed by atoms with Gasteiger partial charge in [-0.3, -0.25) is 4.79 Å². The summed E-state index contributed by atoms with van der Waals surface area (Å²) in [5, 5.41) is 11.6. The lowest BCUT2D eigenvalue weighted by Crippen LogP contribution is -2.41. The van der Waals surface area contributed by atoms with Gasteiger partial charge in [-0.1, -0.05) is 26.0 Å². The van der Waals surface area contributed by atoms with Crippen LogP contribution in [-0.4, -0.2) is 30.1 Å². The molecular weight excluding hydrogens is 289 g/mol. The van der Waals surface area contributed by atoms with E-state index in [1.807, 2.05) is 13.8 Å². The van der Waals surface area contributed by atoms with E-state index in [-0.39, 0.29) is 24.5 Å². The zero-order valence-corrected chi connectivity index (χ0v) is 13.1. The molecular formula is C16H22FNO4. The number of amides is 1. The number of carboxylic acids is 1. The standard InChI is InChI=1S/C16H22FNO4/c1-10(2)9-12(16(20)21)18-14(19)8-7-11-5-4-6-13(22-3)15(11)17/h4-6,10,12H,7-9H2,1-3H3,(H,18,19)(H,20,21)/t12-/m0/s1. The summed E-state index contributed by atoms with van der Waals surface area (Å²) in [6.07, 6.45) is 0.559. The summed E-state index contributed by atoms with van der Waals surface area (Å²) in [5.41, 5.74) is 0.366. The van der Waals surface area contributed by atoms with Crippen molar-refractivity contribution in [1.29, 1.82) is 0 Å². The summed E-state index contributed by atoms with van der Waals surface area (Å²) in [5.74, 6) is -1.68. The lowest BCUT2D eigenvalue weighted by atomic mass is 10.0. The number of hydrogen-bond donors (Lipinski definition) is 2. The van der Waals surface area contributed by atoms with Crippen LogP contribution in [0.15, 0.2) is 18.2 Å². The van der Waals surface area contributed by atoms with E-state index in [2.05, 4.69) is 5.32 Å². The zero-order valence-electron chi connectivity index (χ0n) is 13.1. The second kappa shape index (κ2) is 8.36. The number of aliphatic carboxylic acids is 1. The van der Waals surface area contributed by atoms with Crippen molar-refractivity contribution in [3.05, 3.63) is 29.6 Å². The van der Waals surface area contributed by atoms with Crippen LogP contribution in [0.4, 0.5) is 4.39 Å². The molecule has 0 aromatic heterocycles. The molecule has 1 atom stereocenters. The first-order valence-corrected chi connectivity index (χ1v) is 7.18. The number of hydrogen-bond acceptors (Lipinski definition) is 3. The van der Waals surface area contributed by atoms with Crippen LogP contribution >= 0.6 is 0 Å². The lowest BCUT2D eigenvalue weighted by molar-refractivity contribution is -0.142. The topological polar surface area (TPSA) is 75.6 Å². The van der Waals surface area contributed by atoms with Crippen molar-refractivity contribution < 1.29 is 23.8 Å². The van der Waals surface area contributed by atoms with Gasteiger partial charge in [0.15, 0.2) is 11.6 Å². The van der Waals surface area contributed by atoms with Gasteiger partial charge in [-0.2, -0.15) is 0 Å². The molecule has 0 spiro atoms. The number of rotatable bonds is 8. The SMILES string of the molecule is COc1cccc(CCC(=O)N[C@@H](CC(C)C)C(=O)O)c1F. The summed E-state index contributed by atoms with van der Waals surface area (Å²) in [4.78, 5) is 22.9. The van der Waals surface area contributed by atoms with Crippen LogP contribution in [0.1, 0.15) is 32.3 Å². The van der Waals surface area contributed by atoms with Gasteiger partial charge >= 0.3 is 5.97 Å². The van der Waals surface area contributed by atoms with Crippen LogP contribution in [0.25, 0.3) is 0 Å². The second-order valence-electron chi connectivity index (χ2n) is 5.52. The molecule has 6 heteroatoms.